The van der Waals surface area contributed by atoms with E-state index in [0.29, 0.717) is 11.3 Å². The fourth-order valence-electron chi connectivity index (χ4n) is 3.12. The van der Waals surface area contributed by atoms with Crippen molar-refractivity contribution in [3.8, 4) is 6.07 Å². The van der Waals surface area contributed by atoms with Crippen molar-refractivity contribution >= 4 is 17.7 Å². The minimum absolute atomic E-state index is 0.200. The summed E-state index contributed by atoms with van der Waals surface area (Å²) in [6.45, 7) is 0.749. The third kappa shape index (κ3) is 2.76. The van der Waals surface area contributed by atoms with E-state index < -0.39 is 5.91 Å². The van der Waals surface area contributed by atoms with Crippen LogP contribution >= 0.6 is 0 Å². The van der Waals surface area contributed by atoms with E-state index in [0.717, 1.165) is 29.9 Å². The highest BCUT2D eigenvalue weighted by Gasteiger charge is 2.24. The zero-order valence-corrected chi connectivity index (χ0v) is 13.9. The molecule has 128 valence electrons. The summed E-state index contributed by atoms with van der Waals surface area (Å²) in [6, 6.07) is 13.6. The van der Waals surface area contributed by atoms with E-state index >= 15 is 0 Å². The normalized spacial score (nSPS) is 15.3. The lowest BCUT2D eigenvalue weighted by Gasteiger charge is -2.30. The lowest BCUT2D eigenvalue weighted by atomic mass is 10.0. The SMILES string of the molecule is N#CC1=C2C=Cc3ccccc3N2CCC=C1NNC(=O)c1ccco1. The number of nitrogens with one attached hydrogen (secondary N) is 2. The van der Waals surface area contributed by atoms with Crippen molar-refractivity contribution < 1.29 is 9.21 Å². The van der Waals surface area contributed by atoms with Gasteiger partial charge in [0.1, 0.15) is 11.6 Å². The molecule has 0 radical (unpaired) electrons. The molecule has 26 heavy (non-hydrogen) atoms. The zero-order valence-electron chi connectivity index (χ0n) is 13.9. The van der Waals surface area contributed by atoms with E-state index in [9.17, 15) is 10.1 Å². The number of allylic oxidation sites excluding steroid dienone is 2. The molecule has 6 nitrogen and oxygen atoms in total. The predicted octanol–water partition coefficient (Wildman–Crippen LogP) is 3.11. The average Bonchev–Trinajstić information content (AvgIpc) is 3.15. The number of nitrogens with zero attached hydrogens (tertiary/aromatic N) is 2. The van der Waals surface area contributed by atoms with Gasteiger partial charge in [-0.2, -0.15) is 5.26 Å². The standard InChI is InChI=1S/C20H16N4O2/c21-13-15-16(22-23-20(25)19-8-4-12-26-19)6-3-11-24-17-7-2-1-5-14(17)9-10-18(15)24/h1-2,4-10,12,22H,3,11H2,(H,23,25). The molecule has 3 heterocycles. The second-order valence-corrected chi connectivity index (χ2v) is 5.88. The summed E-state index contributed by atoms with van der Waals surface area (Å²) in [4.78, 5) is 14.2. The largest absolute Gasteiger partial charge is 0.459 e. The van der Waals surface area contributed by atoms with Crippen LogP contribution in [0.1, 0.15) is 22.5 Å². The summed E-state index contributed by atoms with van der Waals surface area (Å²) in [5.41, 5.74) is 9.52. The molecule has 0 saturated heterocycles. The van der Waals surface area contributed by atoms with E-state index in [1.807, 2.05) is 36.4 Å². The van der Waals surface area contributed by atoms with E-state index in [1.54, 1.807) is 12.1 Å². The smallest absolute Gasteiger partial charge is 0.305 e. The number of hydrazine groups is 1. The first-order valence-electron chi connectivity index (χ1n) is 8.27. The first kappa shape index (κ1) is 15.8. The molecule has 0 aliphatic carbocycles. The van der Waals surface area contributed by atoms with E-state index in [-0.39, 0.29) is 5.76 Å². The maximum Gasteiger partial charge on any atom is 0.305 e. The van der Waals surface area contributed by atoms with Crippen molar-refractivity contribution in [1.82, 2.24) is 10.9 Å². The topological polar surface area (TPSA) is 81.3 Å². The summed E-state index contributed by atoms with van der Waals surface area (Å²) >= 11 is 0. The molecule has 2 aromatic rings. The Hall–Kier alpha value is -3.72. The molecule has 1 aromatic heterocycles. The number of amides is 1. The van der Waals surface area contributed by atoms with Crippen LogP contribution in [-0.4, -0.2) is 12.5 Å². The third-order valence-electron chi connectivity index (χ3n) is 4.33. The van der Waals surface area contributed by atoms with Crippen LogP contribution in [0.3, 0.4) is 0 Å². The van der Waals surface area contributed by atoms with Gasteiger partial charge in [-0.1, -0.05) is 30.4 Å². The number of carbonyl (C=O) groups is 1. The average molecular weight is 344 g/mol. The summed E-state index contributed by atoms with van der Waals surface area (Å²) < 4.78 is 5.07. The minimum Gasteiger partial charge on any atom is -0.459 e. The van der Waals surface area contributed by atoms with Crippen LogP contribution in [0.2, 0.25) is 0 Å². The lowest BCUT2D eigenvalue weighted by Crippen LogP contribution is -2.37. The van der Waals surface area contributed by atoms with Gasteiger partial charge in [0, 0.05) is 12.2 Å². The highest BCUT2D eigenvalue weighted by atomic mass is 16.3. The number of hydrogen-bond acceptors (Lipinski definition) is 5. The number of carbonyl (C=O) groups excluding carboxylic acids is 1. The number of rotatable bonds is 3. The molecule has 0 spiro atoms. The van der Waals surface area contributed by atoms with Gasteiger partial charge in [0.25, 0.3) is 0 Å². The van der Waals surface area contributed by atoms with Gasteiger partial charge in [-0.05, 0) is 36.3 Å². The summed E-state index contributed by atoms with van der Waals surface area (Å²) in [5, 5.41) is 9.74. The van der Waals surface area contributed by atoms with Crippen molar-refractivity contribution in [2.24, 2.45) is 0 Å². The molecule has 0 atom stereocenters. The molecule has 0 unspecified atom stereocenters. The Morgan fingerprint density at radius 2 is 2.08 bits per heavy atom. The van der Waals surface area contributed by atoms with Gasteiger partial charge in [0.05, 0.1) is 17.7 Å². The second kappa shape index (κ2) is 6.65. The van der Waals surface area contributed by atoms with Crippen LogP contribution < -0.4 is 15.8 Å². The fourth-order valence-corrected chi connectivity index (χ4v) is 3.12. The first-order chi connectivity index (χ1) is 12.8. The molecule has 2 aliphatic rings. The Bertz CT molecular complexity index is 977. The van der Waals surface area contributed by atoms with Crippen LogP contribution in [0.25, 0.3) is 6.08 Å². The maximum atomic E-state index is 12.1. The van der Waals surface area contributed by atoms with Crippen LogP contribution in [-0.2, 0) is 0 Å². The molecule has 1 aromatic carbocycles. The Balaban J connectivity index is 1.62. The summed E-state index contributed by atoms with van der Waals surface area (Å²) in [6.07, 6.45) is 8.03. The second-order valence-electron chi connectivity index (χ2n) is 5.88. The van der Waals surface area contributed by atoms with Gasteiger partial charge in [-0.25, -0.2) is 0 Å². The quantitative estimate of drug-likeness (QED) is 0.836. The molecule has 2 aliphatic heterocycles. The number of fused-ring (bicyclic) bond motifs is 3. The fraction of sp³-hybridized carbons (Fsp3) is 0.100. The molecule has 4 rings (SSSR count). The van der Waals surface area contributed by atoms with E-state index in [1.165, 1.54) is 6.26 Å². The predicted molar refractivity (Wildman–Crippen MR) is 97.5 cm³/mol. The number of anilines is 1. The van der Waals surface area contributed by atoms with Gasteiger partial charge in [0.15, 0.2) is 5.76 Å². The summed E-state index contributed by atoms with van der Waals surface area (Å²) in [5.74, 6) is -0.199. The number of nitriles is 1. The zero-order chi connectivity index (χ0) is 17.9. The molecule has 0 fully saturated rings. The van der Waals surface area contributed by atoms with Gasteiger partial charge in [-0.3, -0.25) is 15.6 Å². The number of benzene rings is 1. The van der Waals surface area contributed by atoms with Crippen molar-refractivity contribution in [1.29, 1.82) is 5.26 Å². The minimum atomic E-state index is -0.399. The number of hydrogen-bond donors (Lipinski definition) is 2. The molecule has 2 N–H and O–H groups in total. The summed E-state index contributed by atoms with van der Waals surface area (Å²) in [7, 11) is 0. The highest BCUT2D eigenvalue weighted by Crippen LogP contribution is 2.34. The van der Waals surface area contributed by atoms with Crippen molar-refractivity contribution in [3.63, 3.8) is 0 Å². The van der Waals surface area contributed by atoms with Crippen LogP contribution in [0.15, 0.2) is 76.2 Å². The van der Waals surface area contributed by atoms with Crippen LogP contribution in [0.4, 0.5) is 5.69 Å². The number of para-hydroxylation sites is 1. The molecule has 0 saturated carbocycles. The molecule has 1 amide bonds. The van der Waals surface area contributed by atoms with Gasteiger partial charge in [-0.15, -0.1) is 0 Å². The maximum absolute atomic E-state index is 12.1. The molecular weight excluding hydrogens is 328 g/mol. The van der Waals surface area contributed by atoms with Gasteiger partial charge >= 0.3 is 5.91 Å². The lowest BCUT2D eigenvalue weighted by molar-refractivity contribution is 0.0911. The molecule has 6 heteroatoms. The Labute approximate surface area is 150 Å². The Kier molecular flexibility index (Phi) is 4.04. The van der Waals surface area contributed by atoms with Crippen LogP contribution in [0.5, 0.6) is 0 Å². The van der Waals surface area contributed by atoms with Crippen molar-refractivity contribution in [2.75, 3.05) is 11.4 Å². The van der Waals surface area contributed by atoms with Crippen molar-refractivity contribution in [2.45, 2.75) is 6.42 Å². The number of furan rings is 1. The Morgan fingerprint density at radius 1 is 1.19 bits per heavy atom. The Morgan fingerprint density at radius 3 is 2.88 bits per heavy atom. The third-order valence-corrected chi connectivity index (χ3v) is 4.33. The highest BCUT2D eigenvalue weighted by molar-refractivity contribution is 5.91. The monoisotopic (exact) mass is 344 g/mol. The van der Waals surface area contributed by atoms with E-state index in [4.69, 9.17) is 4.42 Å². The van der Waals surface area contributed by atoms with Gasteiger partial charge < -0.3 is 9.32 Å². The van der Waals surface area contributed by atoms with Crippen LogP contribution in [0, 0.1) is 11.3 Å². The van der Waals surface area contributed by atoms with Gasteiger partial charge in [0.2, 0.25) is 0 Å². The molecule has 0 bridgehead atoms. The first-order valence-corrected chi connectivity index (χ1v) is 8.27. The molecular formula is C20H16N4O2. The van der Waals surface area contributed by atoms with Crippen molar-refractivity contribution in [3.05, 3.63) is 83.1 Å². The van der Waals surface area contributed by atoms with E-state index in [2.05, 4.69) is 27.9 Å².